The van der Waals surface area contributed by atoms with E-state index in [1.807, 2.05) is 39.8 Å². The number of hydrogen-bond donors (Lipinski definition) is 3. The van der Waals surface area contributed by atoms with E-state index in [1.165, 1.54) is 23.1 Å². The molecule has 1 aliphatic heterocycles. The minimum Gasteiger partial charge on any atom is -0.383 e. The first-order valence-electron chi connectivity index (χ1n) is 12.2. The lowest BCUT2D eigenvalue weighted by molar-refractivity contribution is -0.115. The van der Waals surface area contributed by atoms with Gasteiger partial charge in [-0.3, -0.25) is 19.1 Å². The maximum atomic E-state index is 13.0. The van der Waals surface area contributed by atoms with Crippen molar-refractivity contribution < 1.29 is 4.79 Å². The average molecular weight is 471 g/mol. The Morgan fingerprint density at radius 3 is 2.56 bits per heavy atom. The molecular formula is C25H38N6O3. The van der Waals surface area contributed by atoms with Gasteiger partial charge in [0.25, 0.3) is 5.56 Å². The van der Waals surface area contributed by atoms with Gasteiger partial charge in [0, 0.05) is 37.6 Å². The van der Waals surface area contributed by atoms with Crippen molar-refractivity contribution in [1.82, 2.24) is 9.55 Å². The minimum absolute atomic E-state index is 0.0412. The van der Waals surface area contributed by atoms with Crippen LogP contribution >= 0.6 is 0 Å². The Kier molecular flexibility index (Phi) is 8.41. The summed E-state index contributed by atoms with van der Waals surface area (Å²) < 4.78 is 1.37. The molecule has 1 amide bonds. The molecule has 0 spiro atoms. The number of nitrogens with two attached hydrogens (primary N) is 1. The van der Waals surface area contributed by atoms with Gasteiger partial charge in [-0.15, -0.1) is 0 Å². The van der Waals surface area contributed by atoms with Gasteiger partial charge < -0.3 is 20.9 Å². The first kappa shape index (κ1) is 25.4. The number of benzene rings is 1. The molecule has 1 saturated heterocycles. The zero-order valence-corrected chi connectivity index (χ0v) is 20.8. The van der Waals surface area contributed by atoms with Crippen LogP contribution in [0.2, 0.25) is 0 Å². The molecule has 1 fully saturated rings. The molecule has 0 atom stereocenters. The number of carbonyl (C=O) groups is 1. The van der Waals surface area contributed by atoms with Crippen LogP contribution in [0.25, 0.3) is 0 Å². The Labute approximate surface area is 201 Å². The smallest absolute Gasteiger partial charge is 0.330 e. The molecule has 2 heterocycles. The molecular weight excluding hydrogens is 432 g/mol. The molecule has 9 nitrogen and oxygen atoms in total. The zero-order valence-electron chi connectivity index (χ0n) is 20.8. The van der Waals surface area contributed by atoms with Gasteiger partial charge in [-0.2, -0.15) is 0 Å². The second-order valence-corrected chi connectivity index (χ2v) is 9.51. The van der Waals surface area contributed by atoms with E-state index >= 15 is 0 Å². The summed E-state index contributed by atoms with van der Waals surface area (Å²) in [5, 5.41) is 2.98. The monoisotopic (exact) mass is 470 g/mol. The number of anilines is 4. The zero-order chi connectivity index (χ0) is 24.8. The molecule has 0 radical (unpaired) electrons. The van der Waals surface area contributed by atoms with Crippen molar-refractivity contribution in [2.45, 2.75) is 59.9 Å². The van der Waals surface area contributed by atoms with Gasteiger partial charge in [0.05, 0.1) is 6.54 Å². The Hall–Kier alpha value is -3.23. The van der Waals surface area contributed by atoms with Crippen LogP contribution in [0, 0.1) is 12.8 Å². The van der Waals surface area contributed by atoms with Gasteiger partial charge in [0.15, 0.2) is 0 Å². The molecule has 0 saturated carbocycles. The van der Waals surface area contributed by atoms with Crippen LogP contribution in [0.1, 0.15) is 52.0 Å². The van der Waals surface area contributed by atoms with Crippen molar-refractivity contribution in [3.8, 4) is 0 Å². The normalized spacial score (nSPS) is 13.5. The van der Waals surface area contributed by atoms with Gasteiger partial charge >= 0.3 is 5.69 Å². The van der Waals surface area contributed by atoms with E-state index < -0.39 is 11.2 Å². The number of unbranched alkanes of at least 4 members (excludes halogenated alkanes) is 1. The third-order valence-corrected chi connectivity index (χ3v) is 6.15. The Bertz CT molecular complexity index is 1110. The second kappa shape index (κ2) is 11.3. The summed E-state index contributed by atoms with van der Waals surface area (Å²) in [5.41, 5.74) is 8.27. The number of nitrogens with zero attached hydrogens (tertiary/aromatic N) is 3. The molecule has 3 rings (SSSR count). The maximum absolute atomic E-state index is 13.0. The topological polar surface area (TPSA) is 116 Å². The van der Waals surface area contributed by atoms with Crippen molar-refractivity contribution in [2.24, 2.45) is 5.92 Å². The number of aryl methyl sites for hydroxylation is 1. The lowest BCUT2D eigenvalue weighted by Gasteiger charge is -2.26. The third-order valence-electron chi connectivity index (χ3n) is 6.15. The standard InChI is InChI=1S/C25H38N6O3/c1-5-6-11-30(22-23(26)31(15-17(2)3)25(34)28-24(22)33)16-21(32)27-20-10-9-19(14-18(20)4)29-12-7-8-13-29/h9-10,14,17H,5-8,11-13,15-16,26H2,1-4H3,(H,27,32)(H,28,33,34). The van der Waals surface area contributed by atoms with Crippen molar-refractivity contribution >= 4 is 28.8 Å². The number of aromatic amines is 1. The van der Waals surface area contributed by atoms with Crippen LogP contribution in [0.3, 0.4) is 0 Å². The van der Waals surface area contributed by atoms with Crippen LogP contribution in [-0.2, 0) is 11.3 Å². The van der Waals surface area contributed by atoms with Gasteiger partial charge in [0.1, 0.15) is 11.5 Å². The molecule has 0 aliphatic carbocycles. The predicted octanol–water partition coefficient (Wildman–Crippen LogP) is 2.93. The lowest BCUT2D eigenvalue weighted by atomic mass is 10.1. The highest BCUT2D eigenvalue weighted by Crippen LogP contribution is 2.26. The Morgan fingerprint density at radius 1 is 1.24 bits per heavy atom. The van der Waals surface area contributed by atoms with Gasteiger partial charge in [-0.05, 0) is 55.9 Å². The van der Waals surface area contributed by atoms with Crippen molar-refractivity contribution in [3.05, 3.63) is 44.6 Å². The number of H-pyrrole nitrogens is 1. The van der Waals surface area contributed by atoms with Crippen LogP contribution in [0.4, 0.5) is 22.9 Å². The highest BCUT2D eigenvalue weighted by atomic mass is 16.2. The van der Waals surface area contributed by atoms with Gasteiger partial charge in [-0.25, -0.2) is 4.79 Å². The van der Waals surface area contributed by atoms with Crippen molar-refractivity contribution in [1.29, 1.82) is 0 Å². The minimum atomic E-state index is -0.572. The summed E-state index contributed by atoms with van der Waals surface area (Å²) in [5.74, 6) is 0.0173. The van der Waals surface area contributed by atoms with Crippen molar-refractivity contribution in [3.63, 3.8) is 0 Å². The summed E-state index contributed by atoms with van der Waals surface area (Å²) in [6, 6.07) is 6.06. The SMILES string of the molecule is CCCCN(CC(=O)Nc1ccc(N2CCCC2)cc1C)c1c(N)n(CC(C)C)c(=O)[nH]c1=O. The van der Waals surface area contributed by atoms with Crippen LogP contribution < -0.4 is 32.1 Å². The van der Waals surface area contributed by atoms with E-state index in [0.717, 1.165) is 37.2 Å². The molecule has 9 heteroatoms. The quantitative estimate of drug-likeness (QED) is 0.492. The number of nitrogen functional groups attached to an aromatic ring is 1. The Morgan fingerprint density at radius 2 is 1.94 bits per heavy atom. The fourth-order valence-electron chi connectivity index (χ4n) is 4.37. The van der Waals surface area contributed by atoms with Crippen LogP contribution in [0.5, 0.6) is 0 Å². The van der Waals surface area contributed by atoms with Gasteiger partial charge in [-0.1, -0.05) is 27.2 Å². The van der Waals surface area contributed by atoms with E-state index in [9.17, 15) is 14.4 Å². The first-order chi connectivity index (χ1) is 16.2. The largest absolute Gasteiger partial charge is 0.383 e. The van der Waals surface area contributed by atoms with E-state index in [0.29, 0.717) is 13.1 Å². The first-order valence-corrected chi connectivity index (χ1v) is 12.2. The number of carbonyl (C=O) groups excluding carboxylic acids is 1. The summed E-state index contributed by atoms with van der Waals surface area (Å²) in [6.45, 7) is 10.9. The molecule has 1 aromatic carbocycles. The molecule has 1 aromatic heterocycles. The molecule has 2 aromatic rings. The van der Waals surface area contributed by atoms with E-state index in [4.69, 9.17) is 5.73 Å². The molecule has 0 bridgehead atoms. The Balaban J connectivity index is 1.82. The number of nitrogens with one attached hydrogen (secondary N) is 2. The third kappa shape index (κ3) is 6.01. The van der Waals surface area contributed by atoms with E-state index in [-0.39, 0.29) is 29.9 Å². The van der Waals surface area contributed by atoms with Crippen LogP contribution in [0.15, 0.2) is 27.8 Å². The van der Waals surface area contributed by atoms with Crippen LogP contribution in [-0.4, -0.2) is 41.6 Å². The molecule has 0 unspecified atom stereocenters. The number of hydrogen-bond acceptors (Lipinski definition) is 6. The molecule has 1 aliphatic rings. The summed E-state index contributed by atoms with van der Waals surface area (Å²) >= 11 is 0. The highest BCUT2D eigenvalue weighted by molar-refractivity contribution is 5.95. The number of rotatable bonds is 10. The number of amides is 1. The fourth-order valence-corrected chi connectivity index (χ4v) is 4.37. The molecule has 186 valence electrons. The fraction of sp³-hybridized carbons (Fsp3) is 0.560. The van der Waals surface area contributed by atoms with Crippen molar-refractivity contribution in [2.75, 3.05) is 47.0 Å². The summed E-state index contributed by atoms with van der Waals surface area (Å²) in [4.78, 5) is 44.5. The average Bonchev–Trinajstić information content (AvgIpc) is 3.31. The van der Waals surface area contributed by atoms with E-state index in [2.05, 4.69) is 21.3 Å². The molecule has 34 heavy (non-hydrogen) atoms. The predicted molar refractivity (Wildman–Crippen MR) is 139 cm³/mol. The maximum Gasteiger partial charge on any atom is 0.330 e. The number of aromatic nitrogens is 2. The highest BCUT2D eigenvalue weighted by Gasteiger charge is 2.22. The summed E-state index contributed by atoms with van der Waals surface area (Å²) in [7, 11) is 0. The lowest BCUT2D eigenvalue weighted by Crippen LogP contribution is -2.42. The molecule has 4 N–H and O–H groups in total. The summed E-state index contributed by atoms with van der Waals surface area (Å²) in [6.07, 6.45) is 4.08. The van der Waals surface area contributed by atoms with Gasteiger partial charge in [0.2, 0.25) is 5.91 Å². The van der Waals surface area contributed by atoms with E-state index in [1.54, 1.807) is 4.90 Å². The second-order valence-electron chi connectivity index (χ2n) is 9.51.